The van der Waals surface area contributed by atoms with E-state index in [1.807, 2.05) is 22.9 Å². The van der Waals surface area contributed by atoms with E-state index in [0.29, 0.717) is 12.5 Å². The molecule has 2 aromatic rings. The zero-order valence-electron chi connectivity index (χ0n) is 18.1. The van der Waals surface area contributed by atoms with Gasteiger partial charge in [0.15, 0.2) is 0 Å². The summed E-state index contributed by atoms with van der Waals surface area (Å²) >= 11 is 1.58. The van der Waals surface area contributed by atoms with Gasteiger partial charge in [-0.15, -0.1) is 17.9 Å². The number of hydrogen-bond acceptors (Lipinski definition) is 5. The van der Waals surface area contributed by atoms with Gasteiger partial charge in [-0.3, -0.25) is 4.99 Å². The first-order chi connectivity index (χ1) is 13.9. The normalized spacial score (nSPS) is 20.7. The van der Waals surface area contributed by atoms with Gasteiger partial charge in [0.2, 0.25) is 4.80 Å². The molecule has 0 radical (unpaired) electrons. The number of rotatable bonds is 6. The third-order valence-corrected chi connectivity index (χ3v) is 5.99. The second kappa shape index (κ2) is 8.99. The van der Waals surface area contributed by atoms with Crippen molar-refractivity contribution in [1.82, 2.24) is 4.68 Å². The minimum atomic E-state index is 0.267. The average molecular weight is 414 g/mol. The lowest BCUT2D eigenvalue weighted by atomic mass is 9.72. The summed E-state index contributed by atoms with van der Waals surface area (Å²) < 4.78 is 13.0. The zero-order chi connectivity index (χ0) is 21.0. The summed E-state index contributed by atoms with van der Waals surface area (Å²) in [4.78, 5) is 5.53. The Hall–Kier alpha value is -2.34. The first-order valence-corrected chi connectivity index (χ1v) is 10.9. The maximum Gasteiger partial charge on any atom is 0.206 e. The van der Waals surface area contributed by atoms with Crippen LogP contribution in [0.1, 0.15) is 40.0 Å². The fourth-order valence-electron chi connectivity index (χ4n) is 4.17. The van der Waals surface area contributed by atoms with Gasteiger partial charge in [-0.2, -0.15) is 5.10 Å². The molecule has 3 rings (SSSR count). The molecule has 1 aliphatic rings. The molecule has 29 heavy (non-hydrogen) atoms. The molecule has 0 aliphatic heterocycles. The van der Waals surface area contributed by atoms with Crippen LogP contribution in [0.5, 0.6) is 11.5 Å². The maximum absolute atomic E-state index is 5.64. The summed E-state index contributed by atoms with van der Waals surface area (Å²) in [6.45, 7) is 11.3. The fourth-order valence-corrected chi connectivity index (χ4v) is 5.01. The van der Waals surface area contributed by atoms with Crippen LogP contribution in [-0.2, 0) is 0 Å². The number of methoxy groups -OCH3 is 2. The third-order valence-electron chi connectivity index (χ3n) is 5.13. The van der Waals surface area contributed by atoms with Gasteiger partial charge in [-0.05, 0) is 42.7 Å². The second-order valence-corrected chi connectivity index (χ2v) is 9.27. The summed E-state index contributed by atoms with van der Waals surface area (Å²) in [5.41, 5.74) is 3.43. The molecule has 1 aromatic carbocycles. The van der Waals surface area contributed by atoms with Crippen LogP contribution in [0.2, 0.25) is 0 Å². The van der Waals surface area contributed by atoms with Crippen LogP contribution in [0, 0.1) is 11.3 Å². The van der Waals surface area contributed by atoms with Gasteiger partial charge >= 0.3 is 0 Å². The molecule has 1 heterocycles. The van der Waals surface area contributed by atoms with Gasteiger partial charge in [0.05, 0.1) is 26.5 Å². The van der Waals surface area contributed by atoms with E-state index >= 15 is 0 Å². The lowest BCUT2D eigenvalue weighted by molar-refractivity contribution is 0.265. The van der Waals surface area contributed by atoms with Crippen LogP contribution < -0.4 is 14.3 Å². The Morgan fingerprint density at radius 3 is 2.76 bits per heavy atom. The molecule has 0 amide bonds. The SMILES string of the molecule is C=CCN=c1scc(-c2ccc(OC)cc2OC)n1N=C1CC(C)CC(C)(C)C1. The first kappa shape index (κ1) is 21.4. The maximum atomic E-state index is 5.64. The van der Waals surface area contributed by atoms with E-state index in [9.17, 15) is 0 Å². The van der Waals surface area contributed by atoms with Crippen molar-refractivity contribution in [3.8, 4) is 22.8 Å². The number of aromatic nitrogens is 1. The smallest absolute Gasteiger partial charge is 0.206 e. The van der Waals surface area contributed by atoms with E-state index in [-0.39, 0.29) is 5.41 Å². The molecular formula is C23H31N3O2S. The van der Waals surface area contributed by atoms with E-state index in [1.54, 1.807) is 31.6 Å². The number of thiazole rings is 1. The molecule has 1 fully saturated rings. The van der Waals surface area contributed by atoms with Crippen molar-refractivity contribution in [2.75, 3.05) is 20.8 Å². The van der Waals surface area contributed by atoms with Gasteiger partial charge in [-0.25, -0.2) is 4.68 Å². The number of nitrogens with zero attached hydrogens (tertiary/aromatic N) is 3. The summed E-state index contributed by atoms with van der Waals surface area (Å²) in [7, 11) is 3.33. The predicted octanol–water partition coefficient (Wildman–Crippen LogP) is 5.37. The van der Waals surface area contributed by atoms with Crippen molar-refractivity contribution in [1.29, 1.82) is 0 Å². The van der Waals surface area contributed by atoms with E-state index in [1.165, 1.54) is 12.1 Å². The number of hydrogen-bond donors (Lipinski definition) is 0. The summed E-state index contributed by atoms with van der Waals surface area (Å²) in [6.07, 6.45) is 5.05. The lowest BCUT2D eigenvalue weighted by Gasteiger charge is -2.34. The monoisotopic (exact) mass is 413 g/mol. The molecule has 0 N–H and O–H groups in total. The highest BCUT2D eigenvalue weighted by atomic mass is 32.1. The number of benzene rings is 1. The summed E-state index contributed by atoms with van der Waals surface area (Å²) in [5, 5.41) is 7.19. The minimum absolute atomic E-state index is 0.267. The Labute approximate surface area is 177 Å². The van der Waals surface area contributed by atoms with Crippen molar-refractivity contribution in [2.45, 2.75) is 40.0 Å². The van der Waals surface area contributed by atoms with Crippen molar-refractivity contribution in [3.05, 3.63) is 41.0 Å². The molecule has 1 unspecified atom stereocenters. The van der Waals surface area contributed by atoms with Gasteiger partial charge in [-0.1, -0.05) is 26.8 Å². The van der Waals surface area contributed by atoms with Crippen molar-refractivity contribution in [2.24, 2.45) is 21.4 Å². The van der Waals surface area contributed by atoms with Gasteiger partial charge in [0.1, 0.15) is 11.5 Å². The summed E-state index contributed by atoms with van der Waals surface area (Å²) in [6, 6.07) is 5.86. The molecule has 6 heteroatoms. The van der Waals surface area contributed by atoms with Gasteiger partial charge < -0.3 is 9.47 Å². The Balaban J connectivity index is 2.15. The zero-order valence-corrected chi connectivity index (χ0v) is 18.9. The van der Waals surface area contributed by atoms with Crippen LogP contribution in [0.15, 0.2) is 46.3 Å². The molecule has 1 aliphatic carbocycles. The topological polar surface area (TPSA) is 48.1 Å². The molecule has 5 nitrogen and oxygen atoms in total. The second-order valence-electron chi connectivity index (χ2n) is 8.43. The lowest BCUT2D eigenvalue weighted by Crippen LogP contribution is -2.29. The minimum Gasteiger partial charge on any atom is -0.497 e. The molecule has 0 bridgehead atoms. The summed E-state index contributed by atoms with van der Waals surface area (Å²) in [5.74, 6) is 2.14. The van der Waals surface area contributed by atoms with Crippen LogP contribution >= 0.6 is 11.3 Å². The predicted molar refractivity (Wildman–Crippen MR) is 121 cm³/mol. The fraction of sp³-hybridized carbons (Fsp3) is 0.478. The van der Waals surface area contributed by atoms with E-state index in [2.05, 4.69) is 37.7 Å². The van der Waals surface area contributed by atoms with E-state index in [4.69, 9.17) is 14.6 Å². The van der Waals surface area contributed by atoms with E-state index < -0.39 is 0 Å². The Bertz CT molecular complexity index is 969. The van der Waals surface area contributed by atoms with Gasteiger partial charge in [0, 0.05) is 22.7 Å². The number of ether oxygens (including phenoxy) is 2. The quantitative estimate of drug-likeness (QED) is 0.598. The largest absolute Gasteiger partial charge is 0.497 e. The molecule has 1 aromatic heterocycles. The highest BCUT2D eigenvalue weighted by Gasteiger charge is 2.30. The Kier molecular flexibility index (Phi) is 6.63. The van der Waals surface area contributed by atoms with Crippen LogP contribution in [0.25, 0.3) is 11.3 Å². The molecular weight excluding hydrogens is 382 g/mol. The highest BCUT2D eigenvalue weighted by Crippen LogP contribution is 2.38. The molecule has 156 valence electrons. The standard InChI is InChI=1S/C23H31N3O2S/c1-7-10-24-22-26(25-17-11-16(2)13-23(3,4)14-17)20(15-29-22)19-9-8-18(27-5)12-21(19)28-6/h7-9,12,15-16H,1,10-11,13-14H2,2-6H3. The first-order valence-electron chi connectivity index (χ1n) is 9.98. The van der Waals surface area contributed by atoms with Crippen LogP contribution in [0.4, 0.5) is 0 Å². The van der Waals surface area contributed by atoms with Crippen molar-refractivity contribution < 1.29 is 9.47 Å². The van der Waals surface area contributed by atoms with Crippen LogP contribution in [0.3, 0.4) is 0 Å². The third kappa shape index (κ3) is 4.99. The van der Waals surface area contributed by atoms with Crippen molar-refractivity contribution in [3.63, 3.8) is 0 Å². The molecule has 0 spiro atoms. The van der Waals surface area contributed by atoms with Crippen LogP contribution in [-0.4, -0.2) is 31.2 Å². The molecule has 0 saturated heterocycles. The average Bonchev–Trinajstić information content (AvgIpc) is 3.06. The highest BCUT2D eigenvalue weighted by molar-refractivity contribution is 7.07. The Morgan fingerprint density at radius 2 is 2.10 bits per heavy atom. The molecule has 1 atom stereocenters. The van der Waals surface area contributed by atoms with Crippen molar-refractivity contribution >= 4 is 17.0 Å². The van der Waals surface area contributed by atoms with Gasteiger partial charge in [0.25, 0.3) is 0 Å². The van der Waals surface area contributed by atoms with E-state index in [0.717, 1.165) is 40.4 Å². The Morgan fingerprint density at radius 1 is 1.31 bits per heavy atom. The molecule has 1 saturated carbocycles.